The number of benzene rings is 1. The van der Waals surface area contributed by atoms with Gasteiger partial charge in [-0.1, -0.05) is 41.7 Å². The molecule has 0 fully saturated rings. The lowest BCUT2D eigenvalue weighted by Gasteiger charge is -2.16. The minimum Gasteiger partial charge on any atom is -0.495 e. The molecule has 0 unspecified atom stereocenters. The van der Waals surface area contributed by atoms with Gasteiger partial charge in [0.25, 0.3) is 0 Å². The molecular weight excluding hydrogens is 453 g/mol. The Bertz CT molecular complexity index is 1010. The second-order valence-electron chi connectivity index (χ2n) is 5.99. The number of ether oxygens (including phenoxy) is 2. The Hall–Kier alpha value is -1.60. The maximum atomic E-state index is 6.59. The molecule has 9 heteroatoms. The highest BCUT2D eigenvalue weighted by Gasteiger charge is 2.21. The fourth-order valence-electron chi connectivity index (χ4n) is 2.88. The second kappa shape index (κ2) is 9.94. The number of halogens is 3. The minimum atomic E-state index is 0.361. The molecule has 0 aliphatic carbocycles. The summed E-state index contributed by atoms with van der Waals surface area (Å²) in [5.41, 5.74) is 1.12. The molecule has 0 aliphatic heterocycles. The van der Waals surface area contributed by atoms with E-state index in [9.17, 15) is 0 Å². The van der Waals surface area contributed by atoms with Crippen LogP contribution in [0.5, 0.6) is 11.5 Å². The molecule has 0 saturated heterocycles. The van der Waals surface area contributed by atoms with E-state index >= 15 is 0 Å². The van der Waals surface area contributed by atoms with E-state index in [2.05, 4.69) is 17.2 Å². The van der Waals surface area contributed by atoms with Gasteiger partial charge in [-0.3, -0.25) is 0 Å². The maximum Gasteiger partial charge on any atom is 0.141 e. The molecule has 0 saturated carbocycles. The molecule has 0 aliphatic rings. The average Bonchev–Trinajstić information content (AvgIpc) is 2.72. The molecular formula is C20H20Cl3N3O2S. The standard InChI is InChI=1S/C20H20Cl3N3O2S/c1-4-29-6-5-24-20-12-8-16(21)25-10-11(12)7-13(26-20)17-18(22)14(27-2)9-15(28-3)19(17)23/h7-10H,4-6H2,1-3H3,(H,24,26). The van der Waals surface area contributed by atoms with Crippen molar-refractivity contribution in [2.45, 2.75) is 6.92 Å². The number of hydrogen-bond donors (Lipinski definition) is 1. The number of fused-ring (bicyclic) bond motifs is 1. The Labute approximate surface area is 189 Å². The molecule has 0 amide bonds. The summed E-state index contributed by atoms with van der Waals surface area (Å²) in [6.07, 6.45) is 1.70. The zero-order chi connectivity index (χ0) is 21.0. The van der Waals surface area contributed by atoms with Crippen LogP contribution in [0.2, 0.25) is 15.2 Å². The van der Waals surface area contributed by atoms with Crippen LogP contribution in [-0.2, 0) is 0 Å². The van der Waals surface area contributed by atoms with Gasteiger partial charge in [0.2, 0.25) is 0 Å². The van der Waals surface area contributed by atoms with Crippen LogP contribution >= 0.6 is 46.6 Å². The normalized spacial score (nSPS) is 11.0. The van der Waals surface area contributed by atoms with Gasteiger partial charge in [-0.05, 0) is 17.9 Å². The number of nitrogens with one attached hydrogen (secondary N) is 1. The van der Waals surface area contributed by atoms with E-state index in [0.29, 0.717) is 43.8 Å². The van der Waals surface area contributed by atoms with E-state index in [4.69, 9.17) is 49.3 Å². The van der Waals surface area contributed by atoms with Crippen molar-refractivity contribution in [2.24, 2.45) is 0 Å². The topological polar surface area (TPSA) is 56.3 Å². The fourth-order valence-corrected chi connectivity index (χ4v) is 4.27. The molecule has 0 spiro atoms. The first kappa shape index (κ1) is 22.1. The van der Waals surface area contributed by atoms with Crippen LogP contribution < -0.4 is 14.8 Å². The van der Waals surface area contributed by atoms with E-state index in [1.54, 1.807) is 18.3 Å². The molecule has 3 aromatic rings. The van der Waals surface area contributed by atoms with Crippen LogP contribution in [0.15, 0.2) is 24.4 Å². The number of methoxy groups -OCH3 is 2. The summed E-state index contributed by atoms with van der Waals surface area (Å²) < 4.78 is 10.8. The fraction of sp³-hybridized carbons (Fsp3) is 0.300. The van der Waals surface area contributed by atoms with Crippen molar-refractivity contribution in [2.75, 3.05) is 37.6 Å². The highest BCUT2D eigenvalue weighted by Crippen LogP contribution is 2.46. The molecule has 1 N–H and O–H groups in total. The number of rotatable bonds is 8. The molecule has 5 nitrogen and oxygen atoms in total. The Kier molecular flexibility index (Phi) is 7.57. The van der Waals surface area contributed by atoms with Crippen LogP contribution in [0.4, 0.5) is 5.82 Å². The van der Waals surface area contributed by atoms with Crippen molar-refractivity contribution >= 4 is 63.2 Å². The highest BCUT2D eigenvalue weighted by molar-refractivity contribution is 7.99. The molecule has 2 heterocycles. The number of hydrogen-bond acceptors (Lipinski definition) is 6. The Morgan fingerprint density at radius 1 is 1.03 bits per heavy atom. The minimum absolute atomic E-state index is 0.361. The zero-order valence-electron chi connectivity index (χ0n) is 16.2. The van der Waals surface area contributed by atoms with Crippen LogP contribution in [0.3, 0.4) is 0 Å². The predicted octanol–water partition coefficient (Wildman–Crippen LogP) is 6.44. The number of pyridine rings is 2. The third-order valence-corrected chi connectivity index (χ3v) is 6.11. The van der Waals surface area contributed by atoms with Gasteiger partial charge in [-0.15, -0.1) is 0 Å². The van der Waals surface area contributed by atoms with Crippen LogP contribution in [0, 0.1) is 0 Å². The Morgan fingerprint density at radius 2 is 1.72 bits per heavy atom. The van der Waals surface area contributed by atoms with Crippen LogP contribution in [0.1, 0.15) is 6.92 Å². The first-order valence-corrected chi connectivity index (χ1v) is 11.2. The first-order chi connectivity index (χ1) is 14.0. The predicted molar refractivity (Wildman–Crippen MR) is 125 cm³/mol. The summed E-state index contributed by atoms with van der Waals surface area (Å²) in [6.45, 7) is 2.89. The number of aromatic nitrogens is 2. The van der Waals surface area contributed by atoms with Gasteiger partial charge in [-0.2, -0.15) is 11.8 Å². The van der Waals surface area contributed by atoms with Crippen molar-refractivity contribution in [1.82, 2.24) is 9.97 Å². The molecule has 3 rings (SSSR count). The molecule has 154 valence electrons. The van der Waals surface area contributed by atoms with Crippen LogP contribution in [0.25, 0.3) is 22.0 Å². The van der Waals surface area contributed by atoms with E-state index in [0.717, 1.165) is 28.8 Å². The van der Waals surface area contributed by atoms with Crippen molar-refractivity contribution in [3.8, 4) is 22.8 Å². The van der Waals surface area contributed by atoms with Gasteiger partial charge >= 0.3 is 0 Å². The van der Waals surface area contributed by atoms with Gasteiger partial charge in [0.1, 0.15) is 22.5 Å². The second-order valence-corrected chi connectivity index (χ2v) is 8.53. The number of nitrogens with zero attached hydrogens (tertiary/aromatic N) is 2. The zero-order valence-corrected chi connectivity index (χ0v) is 19.3. The smallest absolute Gasteiger partial charge is 0.141 e. The van der Waals surface area contributed by atoms with Gasteiger partial charge < -0.3 is 14.8 Å². The monoisotopic (exact) mass is 471 g/mol. The van der Waals surface area contributed by atoms with Gasteiger partial charge in [0.15, 0.2) is 0 Å². The number of thioether (sulfide) groups is 1. The summed E-state index contributed by atoms with van der Waals surface area (Å²) in [4.78, 5) is 8.99. The quantitative estimate of drug-likeness (QED) is 0.301. The lowest BCUT2D eigenvalue weighted by Crippen LogP contribution is -2.07. The van der Waals surface area contributed by atoms with Crippen molar-refractivity contribution < 1.29 is 9.47 Å². The van der Waals surface area contributed by atoms with Gasteiger partial charge in [0.05, 0.1) is 30.0 Å². The average molecular weight is 473 g/mol. The van der Waals surface area contributed by atoms with Gasteiger partial charge in [0, 0.05) is 40.9 Å². The first-order valence-electron chi connectivity index (χ1n) is 8.88. The lowest BCUT2D eigenvalue weighted by molar-refractivity contribution is 0.395. The maximum absolute atomic E-state index is 6.59. The van der Waals surface area contributed by atoms with Crippen LogP contribution in [-0.4, -0.2) is 42.2 Å². The number of anilines is 1. The molecule has 29 heavy (non-hydrogen) atoms. The third kappa shape index (κ3) is 4.77. The van der Waals surface area contributed by atoms with Crippen molar-refractivity contribution in [1.29, 1.82) is 0 Å². The lowest BCUT2D eigenvalue weighted by atomic mass is 10.1. The summed E-state index contributed by atoms with van der Waals surface area (Å²) in [7, 11) is 3.08. The molecule has 0 atom stereocenters. The van der Waals surface area contributed by atoms with E-state index in [1.807, 2.05) is 17.8 Å². The summed E-state index contributed by atoms with van der Waals surface area (Å²) in [5, 5.41) is 6.24. The Morgan fingerprint density at radius 3 is 2.34 bits per heavy atom. The summed E-state index contributed by atoms with van der Waals surface area (Å²) in [6, 6.07) is 5.31. The SMILES string of the molecule is CCSCCNc1nc(-c2c(Cl)c(OC)cc(OC)c2Cl)cc2cnc(Cl)cc12. The van der Waals surface area contributed by atoms with E-state index in [1.165, 1.54) is 14.2 Å². The van der Waals surface area contributed by atoms with E-state index < -0.39 is 0 Å². The molecule has 1 aromatic carbocycles. The summed E-state index contributed by atoms with van der Waals surface area (Å²) >= 11 is 21.1. The highest BCUT2D eigenvalue weighted by atomic mass is 35.5. The third-order valence-electron chi connectivity index (χ3n) is 4.25. The summed E-state index contributed by atoms with van der Waals surface area (Å²) in [5.74, 6) is 3.60. The van der Waals surface area contributed by atoms with E-state index in [-0.39, 0.29) is 0 Å². The van der Waals surface area contributed by atoms with Crippen molar-refractivity contribution in [3.05, 3.63) is 39.6 Å². The Balaban J connectivity index is 2.19. The van der Waals surface area contributed by atoms with Gasteiger partial charge in [-0.25, -0.2) is 9.97 Å². The largest absolute Gasteiger partial charge is 0.495 e. The molecule has 2 aromatic heterocycles. The van der Waals surface area contributed by atoms with Crippen molar-refractivity contribution in [3.63, 3.8) is 0 Å². The molecule has 0 bridgehead atoms. The molecule has 0 radical (unpaired) electrons.